The van der Waals surface area contributed by atoms with Crippen molar-refractivity contribution in [2.45, 2.75) is 70.5 Å². The van der Waals surface area contributed by atoms with Gasteiger partial charge in [0.15, 0.2) is 0 Å². The molecule has 19 heavy (non-hydrogen) atoms. The molecule has 0 heterocycles. The fraction of sp³-hybridized carbons (Fsp3) is 0.647. The molecule has 1 fully saturated rings. The summed E-state index contributed by atoms with van der Waals surface area (Å²) in [5.74, 6) is 0. The Labute approximate surface area is 117 Å². The van der Waals surface area contributed by atoms with Crippen LogP contribution in [0.5, 0.6) is 0 Å². The molecule has 1 aliphatic carbocycles. The van der Waals surface area contributed by atoms with Gasteiger partial charge in [-0.2, -0.15) is 0 Å². The minimum absolute atomic E-state index is 0.234. The van der Waals surface area contributed by atoms with Gasteiger partial charge in [-0.15, -0.1) is 0 Å². The molecule has 2 rings (SSSR count). The van der Waals surface area contributed by atoms with Gasteiger partial charge < -0.3 is 11.1 Å². The molecular weight excluding hydrogens is 232 g/mol. The van der Waals surface area contributed by atoms with E-state index in [2.05, 4.69) is 50.4 Å². The van der Waals surface area contributed by atoms with Gasteiger partial charge in [-0.1, -0.05) is 57.9 Å². The van der Waals surface area contributed by atoms with Crippen molar-refractivity contribution in [3.63, 3.8) is 0 Å². The first kappa shape index (κ1) is 14.5. The zero-order valence-corrected chi connectivity index (χ0v) is 12.6. The normalized spacial score (nSPS) is 24.4. The quantitative estimate of drug-likeness (QED) is 0.874. The SMILES string of the molecule is CC(C)(C)c1ccc(CNC2CCCCC2N)cc1. The highest BCUT2D eigenvalue weighted by Gasteiger charge is 2.20. The number of rotatable bonds is 3. The summed E-state index contributed by atoms with van der Waals surface area (Å²) in [6.45, 7) is 7.69. The summed E-state index contributed by atoms with van der Waals surface area (Å²) in [7, 11) is 0. The molecule has 2 unspecified atom stereocenters. The molecule has 0 bridgehead atoms. The van der Waals surface area contributed by atoms with Crippen LogP contribution in [0.4, 0.5) is 0 Å². The van der Waals surface area contributed by atoms with Crippen molar-refractivity contribution in [1.82, 2.24) is 5.32 Å². The lowest BCUT2D eigenvalue weighted by Crippen LogP contribution is -2.46. The molecule has 0 aromatic heterocycles. The summed E-state index contributed by atoms with van der Waals surface area (Å²) >= 11 is 0. The fourth-order valence-electron chi connectivity index (χ4n) is 2.78. The summed E-state index contributed by atoms with van der Waals surface area (Å²) in [6, 6.07) is 9.80. The molecule has 0 saturated heterocycles. The van der Waals surface area contributed by atoms with E-state index in [1.807, 2.05) is 0 Å². The second-order valence-electron chi connectivity index (χ2n) is 6.88. The average molecular weight is 260 g/mol. The van der Waals surface area contributed by atoms with Gasteiger partial charge in [0.25, 0.3) is 0 Å². The summed E-state index contributed by atoms with van der Waals surface area (Å²) in [5, 5.41) is 3.62. The van der Waals surface area contributed by atoms with Crippen LogP contribution in [0.15, 0.2) is 24.3 Å². The Hall–Kier alpha value is -0.860. The third kappa shape index (κ3) is 4.05. The van der Waals surface area contributed by atoms with E-state index in [-0.39, 0.29) is 5.41 Å². The van der Waals surface area contributed by atoms with Crippen molar-refractivity contribution in [2.24, 2.45) is 5.73 Å². The molecule has 2 nitrogen and oxygen atoms in total. The lowest BCUT2D eigenvalue weighted by Gasteiger charge is -2.29. The third-order valence-electron chi connectivity index (χ3n) is 4.21. The van der Waals surface area contributed by atoms with Crippen LogP contribution < -0.4 is 11.1 Å². The monoisotopic (exact) mass is 260 g/mol. The predicted octanol–water partition coefficient (Wildman–Crippen LogP) is 3.34. The van der Waals surface area contributed by atoms with Crippen molar-refractivity contribution >= 4 is 0 Å². The molecule has 0 aliphatic heterocycles. The number of nitrogens with two attached hydrogens (primary N) is 1. The maximum atomic E-state index is 6.16. The first-order valence-corrected chi connectivity index (χ1v) is 7.55. The van der Waals surface area contributed by atoms with Gasteiger partial charge in [-0.3, -0.25) is 0 Å². The van der Waals surface area contributed by atoms with Crippen molar-refractivity contribution in [2.75, 3.05) is 0 Å². The maximum Gasteiger partial charge on any atom is 0.0222 e. The van der Waals surface area contributed by atoms with Crippen LogP contribution in [-0.4, -0.2) is 12.1 Å². The van der Waals surface area contributed by atoms with Gasteiger partial charge in [0.05, 0.1) is 0 Å². The van der Waals surface area contributed by atoms with Crippen molar-refractivity contribution in [3.8, 4) is 0 Å². The van der Waals surface area contributed by atoms with Gasteiger partial charge in [0.1, 0.15) is 0 Å². The van der Waals surface area contributed by atoms with E-state index in [1.54, 1.807) is 0 Å². The third-order valence-corrected chi connectivity index (χ3v) is 4.21. The standard InChI is InChI=1S/C17H28N2/c1-17(2,3)14-10-8-13(9-11-14)12-19-16-7-5-4-6-15(16)18/h8-11,15-16,19H,4-7,12,18H2,1-3H3. The van der Waals surface area contributed by atoms with Gasteiger partial charge in [-0.25, -0.2) is 0 Å². The van der Waals surface area contributed by atoms with E-state index in [0.29, 0.717) is 12.1 Å². The van der Waals surface area contributed by atoms with Crippen LogP contribution in [0.25, 0.3) is 0 Å². The lowest BCUT2D eigenvalue weighted by molar-refractivity contribution is 0.326. The van der Waals surface area contributed by atoms with E-state index < -0.39 is 0 Å². The number of benzene rings is 1. The first-order chi connectivity index (χ1) is 8.97. The van der Waals surface area contributed by atoms with Gasteiger partial charge in [0, 0.05) is 18.6 Å². The number of nitrogens with one attached hydrogen (secondary N) is 1. The van der Waals surface area contributed by atoms with Crippen molar-refractivity contribution in [3.05, 3.63) is 35.4 Å². The van der Waals surface area contributed by atoms with Crippen LogP contribution in [0, 0.1) is 0 Å². The Balaban J connectivity index is 1.89. The Morgan fingerprint density at radius 3 is 2.32 bits per heavy atom. The van der Waals surface area contributed by atoms with Crippen LogP contribution in [0.3, 0.4) is 0 Å². The van der Waals surface area contributed by atoms with Crippen molar-refractivity contribution in [1.29, 1.82) is 0 Å². The molecule has 1 saturated carbocycles. The van der Waals surface area contributed by atoms with Crippen LogP contribution >= 0.6 is 0 Å². The molecule has 106 valence electrons. The molecule has 0 amide bonds. The summed E-state index contributed by atoms with van der Waals surface area (Å²) in [6.07, 6.45) is 5.00. The minimum Gasteiger partial charge on any atom is -0.326 e. The lowest BCUT2D eigenvalue weighted by atomic mass is 9.86. The topological polar surface area (TPSA) is 38.0 Å². The number of hydrogen-bond donors (Lipinski definition) is 2. The summed E-state index contributed by atoms with van der Waals surface area (Å²) < 4.78 is 0. The maximum absolute atomic E-state index is 6.16. The van der Waals surface area contributed by atoms with Gasteiger partial charge >= 0.3 is 0 Å². The van der Waals surface area contributed by atoms with E-state index in [1.165, 1.54) is 36.8 Å². The van der Waals surface area contributed by atoms with Crippen molar-refractivity contribution < 1.29 is 0 Å². The van der Waals surface area contributed by atoms with Gasteiger partial charge in [0.2, 0.25) is 0 Å². The Morgan fingerprint density at radius 1 is 1.11 bits per heavy atom. The highest BCUT2D eigenvalue weighted by molar-refractivity contribution is 5.27. The van der Waals surface area contributed by atoms with Crippen LogP contribution in [0.2, 0.25) is 0 Å². The molecular formula is C17H28N2. The summed E-state index contributed by atoms with van der Waals surface area (Å²) in [5.41, 5.74) is 9.14. The molecule has 3 N–H and O–H groups in total. The fourth-order valence-corrected chi connectivity index (χ4v) is 2.78. The average Bonchev–Trinajstić information content (AvgIpc) is 2.37. The molecule has 1 aromatic carbocycles. The Morgan fingerprint density at radius 2 is 1.74 bits per heavy atom. The minimum atomic E-state index is 0.234. The smallest absolute Gasteiger partial charge is 0.0222 e. The molecule has 0 spiro atoms. The van der Waals surface area contributed by atoms with Crippen LogP contribution in [-0.2, 0) is 12.0 Å². The zero-order chi connectivity index (χ0) is 13.9. The second-order valence-corrected chi connectivity index (χ2v) is 6.88. The zero-order valence-electron chi connectivity index (χ0n) is 12.6. The predicted molar refractivity (Wildman–Crippen MR) is 82.2 cm³/mol. The summed E-state index contributed by atoms with van der Waals surface area (Å²) in [4.78, 5) is 0. The molecule has 0 radical (unpaired) electrons. The number of hydrogen-bond acceptors (Lipinski definition) is 2. The Kier molecular flexibility index (Phi) is 4.64. The van der Waals surface area contributed by atoms with E-state index in [0.717, 1.165) is 6.54 Å². The molecule has 1 aromatic rings. The first-order valence-electron chi connectivity index (χ1n) is 7.55. The second kappa shape index (κ2) is 6.06. The molecule has 1 aliphatic rings. The molecule has 2 atom stereocenters. The van der Waals surface area contributed by atoms with Crippen LogP contribution in [0.1, 0.15) is 57.6 Å². The van der Waals surface area contributed by atoms with E-state index in [4.69, 9.17) is 5.73 Å². The van der Waals surface area contributed by atoms with E-state index >= 15 is 0 Å². The Bertz CT molecular complexity index is 389. The largest absolute Gasteiger partial charge is 0.326 e. The highest BCUT2D eigenvalue weighted by Crippen LogP contribution is 2.22. The highest BCUT2D eigenvalue weighted by atomic mass is 15.0. The molecule has 2 heteroatoms. The van der Waals surface area contributed by atoms with E-state index in [9.17, 15) is 0 Å². The van der Waals surface area contributed by atoms with Gasteiger partial charge in [-0.05, 0) is 29.4 Å².